The molecule has 2 rings (SSSR count). The molecule has 1 aliphatic heterocycles. The van der Waals surface area contributed by atoms with Gasteiger partial charge < -0.3 is 9.64 Å². The number of hydrogen-bond donors (Lipinski definition) is 0. The van der Waals surface area contributed by atoms with Crippen LogP contribution in [0.2, 0.25) is 5.02 Å². The third kappa shape index (κ3) is 5.19. The number of halogens is 1. The number of hydrogen-bond acceptors (Lipinski definition) is 2. The van der Waals surface area contributed by atoms with Crippen LogP contribution >= 0.6 is 11.6 Å². The van der Waals surface area contributed by atoms with Gasteiger partial charge in [0.05, 0.1) is 6.61 Å². The molecule has 118 valence electrons. The normalized spacial score (nSPS) is 15.6. The Hall–Kier alpha value is -0.730. The van der Waals surface area contributed by atoms with Crippen LogP contribution in [-0.2, 0) is 0 Å². The van der Waals surface area contributed by atoms with Gasteiger partial charge in [-0.05, 0) is 82.4 Å². The molecule has 1 fully saturated rings. The fourth-order valence-corrected chi connectivity index (χ4v) is 3.10. The van der Waals surface area contributed by atoms with Crippen LogP contribution in [0.4, 0.5) is 0 Å². The van der Waals surface area contributed by atoms with Gasteiger partial charge in [-0.1, -0.05) is 24.4 Å². The molecule has 1 aromatic carbocycles. The molecular formula is C18H28ClNO. The van der Waals surface area contributed by atoms with Crippen LogP contribution in [-0.4, -0.2) is 31.1 Å². The van der Waals surface area contributed by atoms with E-state index in [9.17, 15) is 0 Å². The molecule has 0 atom stereocenters. The Labute approximate surface area is 134 Å². The van der Waals surface area contributed by atoms with E-state index in [1.54, 1.807) is 0 Å². The highest BCUT2D eigenvalue weighted by molar-refractivity contribution is 6.31. The summed E-state index contributed by atoms with van der Waals surface area (Å²) in [5.74, 6) is 0.981. The smallest absolute Gasteiger partial charge is 0.122 e. The predicted octanol–water partition coefficient (Wildman–Crippen LogP) is 4.99. The number of benzene rings is 1. The summed E-state index contributed by atoms with van der Waals surface area (Å²) >= 11 is 6.10. The molecule has 1 aliphatic rings. The van der Waals surface area contributed by atoms with Crippen LogP contribution in [0.5, 0.6) is 5.75 Å². The van der Waals surface area contributed by atoms with Gasteiger partial charge in [-0.2, -0.15) is 0 Å². The Bertz CT molecular complexity index is 441. The molecule has 0 radical (unpaired) electrons. The Balaban J connectivity index is 1.56. The van der Waals surface area contributed by atoms with Crippen molar-refractivity contribution in [1.82, 2.24) is 4.90 Å². The molecule has 0 saturated carbocycles. The zero-order valence-electron chi connectivity index (χ0n) is 13.5. The second-order valence-electron chi connectivity index (χ2n) is 6.11. The molecule has 0 unspecified atom stereocenters. The first-order valence-corrected chi connectivity index (χ1v) is 8.67. The van der Waals surface area contributed by atoms with Gasteiger partial charge in [0.2, 0.25) is 0 Å². The zero-order chi connectivity index (χ0) is 15.1. The lowest BCUT2D eigenvalue weighted by Gasteiger charge is -2.14. The molecule has 3 heteroatoms. The summed E-state index contributed by atoms with van der Waals surface area (Å²) in [4.78, 5) is 2.59. The molecule has 2 nitrogen and oxygen atoms in total. The highest BCUT2D eigenvalue weighted by Gasteiger charge is 2.10. The fourth-order valence-electron chi connectivity index (χ4n) is 2.90. The maximum absolute atomic E-state index is 6.10. The summed E-state index contributed by atoms with van der Waals surface area (Å²) in [6, 6.07) is 3.91. The van der Waals surface area contributed by atoms with E-state index in [0.717, 1.165) is 34.9 Å². The molecule has 0 bridgehead atoms. The van der Waals surface area contributed by atoms with Gasteiger partial charge in [-0.25, -0.2) is 0 Å². The molecule has 0 aromatic heterocycles. The van der Waals surface area contributed by atoms with Crippen molar-refractivity contribution in [2.45, 2.75) is 52.4 Å². The van der Waals surface area contributed by atoms with Gasteiger partial charge in [0.1, 0.15) is 5.75 Å². The third-order valence-electron chi connectivity index (χ3n) is 4.50. The SMILES string of the molecule is Cc1c(Cl)ccc(OCCCCCCN2CCCC2)c1C. The largest absolute Gasteiger partial charge is 0.493 e. The maximum atomic E-state index is 6.10. The highest BCUT2D eigenvalue weighted by atomic mass is 35.5. The summed E-state index contributed by atoms with van der Waals surface area (Å²) in [6.07, 6.45) is 7.85. The molecule has 0 aliphatic carbocycles. The molecule has 21 heavy (non-hydrogen) atoms. The van der Waals surface area contributed by atoms with Gasteiger partial charge in [0.15, 0.2) is 0 Å². The van der Waals surface area contributed by atoms with Gasteiger partial charge in [-0.3, -0.25) is 0 Å². The molecular weight excluding hydrogens is 282 g/mol. The first kappa shape index (κ1) is 16.6. The zero-order valence-corrected chi connectivity index (χ0v) is 14.2. The highest BCUT2D eigenvalue weighted by Crippen LogP contribution is 2.27. The van der Waals surface area contributed by atoms with E-state index >= 15 is 0 Å². The van der Waals surface area contributed by atoms with E-state index in [1.807, 2.05) is 19.1 Å². The molecule has 1 heterocycles. The van der Waals surface area contributed by atoms with Crippen LogP contribution in [0.3, 0.4) is 0 Å². The molecule has 0 N–H and O–H groups in total. The van der Waals surface area contributed by atoms with Crippen LogP contribution in [0.1, 0.15) is 49.7 Å². The van der Waals surface area contributed by atoms with Crippen LogP contribution < -0.4 is 4.74 Å². The van der Waals surface area contributed by atoms with Crippen LogP contribution in [0.15, 0.2) is 12.1 Å². The van der Waals surface area contributed by atoms with E-state index < -0.39 is 0 Å². The molecule has 0 spiro atoms. The van der Waals surface area contributed by atoms with Crippen molar-refractivity contribution in [3.8, 4) is 5.75 Å². The van der Waals surface area contributed by atoms with Gasteiger partial charge in [-0.15, -0.1) is 0 Å². The average molecular weight is 310 g/mol. The minimum atomic E-state index is 0.811. The molecule has 1 aromatic rings. The summed E-state index contributed by atoms with van der Waals surface area (Å²) in [5, 5.41) is 0.821. The number of likely N-dealkylation sites (tertiary alicyclic amines) is 1. The minimum absolute atomic E-state index is 0.811. The number of rotatable bonds is 8. The van der Waals surface area contributed by atoms with E-state index in [4.69, 9.17) is 16.3 Å². The number of unbranched alkanes of at least 4 members (excludes halogenated alkanes) is 3. The van der Waals surface area contributed by atoms with E-state index in [0.29, 0.717) is 0 Å². The van der Waals surface area contributed by atoms with E-state index in [1.165, 1.54) is 51.7 Å². The van der Waals surface area contributed by atoms with Gasteiger partial charge in [0, 0.05) is 5.02 Å². The summed E-state index contributed by atoms with van der Waals surface area (Å²) in [7, 11) is 0. The van der Waals surface area contributed by atoms with Crippen LogP contribution in [0.25, 0.3) is 0 Å². The number of nitrogens with zero attached hydrogens (tertiary/aromatic N) is 1. The van der Waals surface area contributed by atoms with E-state index in [-0.39, 0.29) is 0 Å². The van der Waals surface area contributed by atoms with Gasteiger partial charge >= 0.3 is 0 Å². The van der Waals surface area contributed by atoms with Crippen molar-refractivity contribution >= 4 is 11.6 Å². The van der Waals surface area contributed by atoms with Crippen molar-refractivity contribution in [2.24, 2.45) is 0 Å². The lowest BCUT2D eigenvalue weighted by molar-refractivity contribution is 0.295. The van der Waals surface area contributed by atoms with Crippen molar-refractivity contribution in [1.29, 1.82) is 0 Å². The first-order chi connectivity index (χ1) is 10.2. The second-order valence-corrected chi connectivity index (χ2v) is 6.51. The summed E-state index contributed by atoms with van der Waals surface area (Å²) < 4.78 is 5.88. The second kappa shape index (κ2) is 8.65. The average Bonchev–Trinajstić information content (AvgIpc) is 2.99. The Kier molecular flexibility index (Phi) is 6.85. The van der Waals surface area contributed by atoms with Gasteiger partial charge in [0.25, 0.3) is 0 Å². The summed E-state index contributed by atoms with van der Waals surface area (Å²) in [6.45, 7) is 8.86. The van der Waals surface area contributed by atoms with Crippen molar-refractivity contribution in [3.63, 3.8) is 0 Å². The molecule has 1 saturated heterocycles. The van der Waals surface area contributed by atoms with Crippen LogP contribution in [0, 0.1) is 13.8 Å². The van der Waals surface area contributed by atoms with Crippen molar-refractivity contribution in [2.75, 3.05) is 26.2 Å². The standard InChI is InChI=1S/C18H28ClNO/c1-15-16(2)18(10-9-17(15)19)21-14-8-4-3-5-11-20-12-6-7-13-20/h9-10H,3-8,11-14H2,1-2H3. The third-order valence-corrected chi connectivity index (χ3v) is 4.91. The number of ether oxygens (including phenoxy) is 1. The maximum Gasteiger partial charge on any atom is 0.122 e. The summed E-state index contributed by atoms with van der Waals surface area (Å²) in [5.41, 5.74) is 2.29. The lowest BCUT2D eigenvalue weighted by atomic mass is 10.1. The minimum Gasteiger partial charge on any atom is -0.493 e. The lowest BCUT2D eigenvalue weighted by Crippen LogP contribution is -2.20. The quantitative estimate of drug-likeness (QED) is 0.627. The molecule has 0 amide bonds. The fraction of sp³-hybridized carbons (Fsp3) is 0.667. The van der Waals surface area contributed by atoms with E-state index in [2.05, 4.69) is 11.8 Å². The Morgan fingerprint density at radius 3 is 2.48 bits per heavy atom. The van der Waals surface area contributed by atoms with Crippen molar-refractivity contribution < 1.29 is 4.74 Å². The Morgan fingerprint density at radius 1 is 1.00 bits per heavy atom. The van der Waals surface area contributed by atoms with Crippen molar-refractivity contribution in [3.05, 3.63) is 28.3 Å². The first-order valence-electron chi connectivity index (χ1n) is 8.29. The predicted molar refractivity (Wildman–Crippen MR) is 90.6 cm³/mol. The Morgan fingerprint density at radius 2 is 1.71 bits per heavy atom. The monoisotopic (exact) mass is 309 g/mol. The topological polar surface area (TPSA) is 12.5 Å².